The van der Waals surface area contributed by atoms with Gasteiger partial charge in [0.2, 0.25) is 0 Å². The smallest absolute Gasteiger partial charge is 0.122 e. The van der Waals surface area contributed by atoms with E-state index in [-0.39, 0.29) is 5.72 Å². The van der Waals surface area contributed by atoms with Crippen molar-refractivity contribution >= 4 is 0 Å². The number of hydrogen-bond acceptors (Lipinski definition) is 2. The molecule has 5 rings (SSSR count). The molecule has 0 aromatic rings. The second-order valence-electron chi connectivity index (χ2n) is 14.6. The fraction of sp³-hybridized carbons (Fsp3) is 1.00. The molecule has 4 saturated carbocycles. The van der Waals surface area contributed by atoms with Gasteiger partial charge in [-0.15, -0.1) is 0 Å². The largest absolute Gasteiger partial charge is 0.359 e. The second-order valence-corrected chi connectivity index (χ2v) is 14.6. The number of rotatable bonds is 5. The third-order valence-electron chi connectivity index (χ3n) is 12.6. The first kappa shape index (κ1) is 24.6. The SMILES string of the molecule is CC(C)CCC[C@@H](C)[C@H]1CC[C@H]2[C@@H]3CCC4C(C)C5(CC[C@]4(C)[C@H]3CC[C@]12C)NC(C)CO5. The molecule has 0 radical (unpaired) electrons. The van der Waals surface area contributed by atoms with Gasteiger partial charge in [0.05, 0.1) is 6.61 Å². The molecule has 5 fully saturated rings. The first-order chi connectivity index (χ1) is 15.6. The van der Waals surface area contributed by atoms with Crippen LogP contribution >= 0.6 is 0 Å². The molecule has 33 heavy (non-hydrogen) atoms. The van der Waals surface area contributed by atoms with Crippen molar-refractivity contribution in [1.29, 1.82) is 0 Å². The van der Waals surface area contributed by atoms with Crippen LogP contribution in [0.3, 0.4) is 0 Å². The first-order valence-electron chi connectivity index (χ1n) is 15.0. The number of nitrogens with one attached hydrogen (secondary N) is 1. The van der Waals surface area contributed by atoms with Gasteiger partial charge in [-0.3, -0.25) is 5.32 Å². The summed E-state index contributed by atoms with van der Waals surface area (Å²) < 4.78 is 6.50. The molecule has 2 heteroatoms. The molecule has 5 aliphatic rings. The highest BCUT2D eigenvalue weighted by Gasteiger charge is 2.64. The number of fused-ring (bicyclic) bond motifs is 5. The zero-order valence-corrected chi connectivity index (χ0v) is 23.1. The van der Waals surface area contributed by atoms with Crippen LogP contribution in [0.1, 0.15) is 119 Å². The Balaban J connectivity index is 1.30. The highest BCUT2D eigenvalue weighted by Crippen LogP contribution is 2.69. The van der Waals surface area contributed by atoms with Crippen LogP contribution in [0, 0.1) is 58.2 Å². The topological polar surface area (TPSA) is 21.3 Å². The predicted octanol–water partition coefficient (Wildman–Crippen LogP) is 8.06. The molecule has 2 nitrogen and oxygen atoms in total. The maximum Gasteiger partial charge on any atom is 0.122 e. The molecule has 0 bridgehead atoms. The van der Waals surface area contributed by atoms with Crippen molar-refractivity contribution in [2.24, 2.45) is 58.2 Å². The van der Waals surface area contributed by atoms with Crippen LogP contribution in [-0.4, -0.2) is 18.4 Å². The molecular formula is C31H55NO. The Morgan fingerprint density at radius 2 is 1.55 bits per heavy atom. The molecule has 0 aromatic carbocycles. The van der Waals surface area contributed by atoms with E-state index in [0.29, 0.717) is 22.8 Å². The number of hydrogen-bond donors (Lipinski definition) is 1. The zero-order chi connectivity index (χ0) is 23.6. The van der Waals surface area contributed by atoms with E-state index < -0.39 is 0 Å². The average molecular weight is 458 g/mol. The fourth-order valence-electron chi connectivity index (χ4n) is 10.9. The lowest BCUT2D eigenvalue weighted by Crippen LogP contribution is -2.62. The van der Waals surface area contributed by atoms with E-state index in [2.05, 4.69) is 53.8 Å². The third kappa shape index (κ3) is 3.87. The zero-order valence-electron chi connectivity index (χ0n) is 23.1. The Morgan fingerprint density at radius 1 is 0.818 bits per heavy atom. The summed E-state index contributed by atoms with van der Waals surface area (Å²) in [7, 11) is 0. The maximum atomic E-state index is 6.50. The van der Waals surface area contributed by atoms with Gasteiger partial charge in [-0.05, 0) is 111 Å². The van der Waals surface area contributed by atoms with Gasteiger partial charge in [0.1, 0.15) is 5.72 Å². The lowest BCUT2D eigenvalue weighted by atomic mass is 9.42. The van der Waals surface area contributed by atoms with Crippen molar-refractivity contribution in [3.05, 3.63) is 0 Å². The van der Waals surface area contributed by atoms with Crippen molar-refractivity contribution in [2.75, 3.05) is 6.61 Å². The molecular weight excluding hydrogens is 402 g/mol. The lowest BCUT2D eigenvalue weighted by molar-refractivity contribution is -0.190. The summed E-state index contributed by atoms with van der Waals surface area (Å²) in [6, 6.07) is 0.515. The molecule has 11 atom stereocenters. The predicted molar refractivity (Wildman–Crippen MR) is 139 cm³/mol. The van der Waals surface area contributed by atoms with Gasteiger partial charge in [-0.1, -0.05) is 60.8 Å². The minimum atomic E-state index is -0.0243. The minimum absolute atomic E-state index is 0.0243. The quantitative estimate of drug-likeness (QED) is 0.451. The molecule has 0 amide bonds. The van der Waals surface area contributed by atoms with Crippen LogP contribution in [0.25, 0.3) is 0 Å². The van der Waals surface area contributed by atoms with Gasteiger partial charge in [-0.2, -0.15) is 0 Å². The van der Waals surface area contributed by atoms with E-state index >= 15 is 0 Å². The first-order valence-corrected chi connectivity index (χ1v) is 15.0. The summed E-state index contributed by atoms with van der Waals surface area (Å²) >= 11 is 0. The molecule has 190 valence electrons. The van der Waals surface area contributed by atoms with Gasteiger partial charge >= 0.3 is 0 Å². The molecule has 0 aromatic heterocycles. The Bertz CT molecular complexity index is 705. The summed E-state index contributed by atoms with van der Waals surface area (Å²) in [5.74, 6) is 7.20. The second kappa shape index (κ2) is 8.79. The van der Waals surface area contributed by atoms with E-state index in [1.54, 1.807) is 0 Å². The molecule has 1 aliphatic heterocycles. The summed E-state index contributed by atoms with van der Waals surface area (Å²) in [6.45, 7) is 18.6. The van der Waals surface area contributed by atoms with Gasteiger partial charge in [-0.25, -0.2) is 0 Å². The molecule has 4 unspecified atom stereocenters. The van der Waals surface area contributed by atoms with Crippen LogP contribution in [0.2, 0.25) is 0 Å². The van der Waals surface area contributed by atoms with E-state index in [0.717, 1.165) is 48.0 Å². The fourth-order valence-corrected chi connectivity index (χ4v) is 10.9. The molecule has 1 saturated heterocycles. The Kier molecular flexibility index (Phi) is 6.55. The summed E-state index contributed by atoms with van der Waals surface area (Å²) in [6.07, 6.45) is 15.9. The van der Waals surface area contributed by atoms with Gasteiger partial charge in [0, 0.05) is 12.0 Å². The van der Waals surface area contributed by atoms with Crippen LogP contribution in [0.4, 0.5) is 0 Å². The number of ether oxygens (including phenoxy) is 1. The van der Waals surface area contributed by atoms with Crippen molar-refractivity contribution < 1.29 is 4.74 Å². The van der Waals surface area contributed by atoms with Crippen molar-refractivity contribution in [3.8, 4) is 0 Å². The Morgan fingerprint density at radius 3 is 2.24 bits per heavy atom. The molecule has 4 aliphatic carbocycles. The van der Waals surface area contributed by atoms with Gasteiger partial charge in [0.15, 0.2) is 0 Å². The highest BCUT2D eigenvalue weighted by molar-refractivity contribution is 5.13. The van der Waals surface area contributed by atoms with Crippen molar-refractivity contribution in [1.82, 2.24) is 5.32 Å². The average Bonchev–Trinajstić information content (AvgIpc) is 3.31. The van der Waals surface area contributed by atoms with E-state index in [9.17, 15) is 0 Å². The summed E-state index contributed by atoms with van der Waals surface area (Å²) in [5.41, 5.74) is 1.13. The third-order valence-corrected chi connectivity index (χ3v) is 12.6. The normalized spacial score (nSPS) is 52.5. The maximum absolute atomic E-state index is 6.50. The standard InChI is InChI=1S/C31H55NO/c1-20(2)9-8-10-21(3)25-13-14-27-24-11-12-26-23(5)31(32-22(4)19-33-31)18-17-30(26,7)28(24)15-16-29(25,27)6/h20-28,32H,8-19H2,1-7H3/t21-,22?,23?,24+,25-,26?,27+,28+,29-,30+,31?/m1/s1. The van der Waals surface area contributed by atoms with Crippen molar-refractivity contribution in [3.63, 3.8) is 0 Å². The van der Waals surface area contributed by atoms with E-state index in [1.165, 1.54) is 70.6 Å². The van der Waals surface area contributed by atoms with E-state index in [4.69, 9.17) is 4.74 Å². The Hall–Kier alpha value is -0.0800. The van der Waals surface area contributed by atoms with Crippen LogP contribution in [0.15, 0.2) is 0 Å². The van der Waals surface area contributed by atoms with Gasteiger partial charge < -0.3 is 4.74 Å². The van der Waals surface area contributed by atoms with Crippen molar-refractivity contribution in [2.45, 2.75) is 131 Å². The van der Waals surface area contributed by atoms with E-state index in [1.807, 2.05) is 0 Å². The summed E-state index contributed by atoms with van der Waals surface area (Å²) in [4.78, 5) is 0. The van der Waals surface area contributed by atoms with Crippen LogP contribution < -0.4 is 5.32 Å². The Labute approximate surface area is 205 Å². The van der Waals surface area contributed by atoms with Crippen LogP contribution in [0.5, 0.6) is 0 Å². The minimum Gasteiger partial charge on any atom is -0.359 e. The molecule has 1 heterocycles. The lowest BCUT2D eigenvalue weighted by Gasteiger charge is -2.64. The molecule has 1 N–H and O–H groups in total. The summed E-state index contributed by atoms with van der Waals surface area (Å²) in [5, 5.41) is 3.90. The monoisotopic (exact) mass is 457 g/mol. The van der Waals surface area contributed by atoms with Gasteiger partial charge in [0.25, 0.3) is 0 Å². The highest BCUT2D eigenvalue weighted by atomic mass is 16.5. The molecule has 1 spiro atoms. The van der Waals surface area contributed by atoms with Crippen LogP contribution in [-0.2, 0) is 4.74 Å².